The Hall–Kier alpha value is -2.08. The fourth-order valence-corrected chi connectivity index (χ4v) is 1.58. The predicted octanol–water partition coefficient (Wildman–Crippen LogP) is 5.75. The van der Waals surface area contributed by atoms with Gasteiger partial charge in [-0.2, -0.15) is 0 Å². The molecule has 0 heteroatoms. The molecule has 2 rings (SSSR count). The van der Waals surface area contributed by atoms with Crippen LogP contribution in [0.5, 0.6) is 0 Å². The highest BCUT2D eigenvalue weighted by Crippen LogP contribution is 2.13. The molecule has 2 aromatic rings. The SMILES string of the molecule is C=C(CC)c1ccccc1.C=Cc1ccc(C)cc1. The van der Waals surface area contributed by atoms with Crippen LogP contribution in [-0.4, -0.2) is 0 Å². The van der Waals surface area contributed by atoms with Gasteiger partial charge in [-0.15, -0.1) is 0 Å². The van der Waals surface area contributed by atoms with Crippen LogP contribution in [0.3, 0.4) is 0 Å². The molecule has 0 amide bonds. The van der Waals surface area contributed by atoms with Crippen molar-refractivity contribution < 1.29 is 0 Å². The zero-order valence-corrected chi connectivity index (χ0v) is 11.9. The summed E-state index contributed by atoms with van der Waals surface area (Å²) in [5, 5.41) is 0. The van der Waals surface area contributed by atoms with E-state index in [1.54, 1.807) is 0 Å². The van der Waals surface area contributed by atoms with E-state index in [2.05, 4.69) is 63.4 Å². The first-order valence-corrected chi connectivity index (χ1v) is 6.59. The number of hydrogen-bond donors (Lipinski definition) is 0. The summed E-state index contributed by atoms with van der Waals surface area (Å²) < 4.78 is 0. The van der Waals surface area contributed by atoms with Crippen molar-refractivity contribution in [3.05, 3.63) is 84.4 Å². The standard InChI is InChI=1S/C10H12.C9H10/c1-3-9(2)10-7-5-4-6-8-10;1-3-9-6-4-8(2)5-7-9/h4-8H,2-3H2,1H3;3-7H,1H2,2H3. The largest absolute Gasteiger partial charge is 0.0985 e. The van der Waals surface area contributed by atoms with Crippen molar-refractivity contribution in [2.75, 3.05) is 0 Å². The molecule has 0 heterocycles. The summed E-state index contributed by atoms with van der Waals surface area (Å²) >= 11 is 0. The van der Waals surface area contributed by atoms with E-state index in [-0.39, 0.29) is 0 Å². The van der Waals surface area contributed by atoms with Gasteiger partial charge in [-0.1, -0.05) is 86.3 Å². The van der Waals surface area contributed by atoms with Crippen molar-refractivity contribution >= 4 is 11.6 Å². The summed E-state index contributed by atoms with van der Waals surface area (Å²) in [7, 11) is 0. The minimum atomic E-state index is 1.03. The van der Waals surface area contributed by atoms with E-state index >= 15 is 0 Å². The predicted molar refractivity (Wildman–Crippen MR) is 87.0 cm³/mol. The Balaban J connectivity index is 0.000000191. The number of rotatable bonds is 3. The first-order valence-electron chi connectivity index (χ1n) is 6.59. The molecule has 0 saturated carbocycles. The molecule has 0 N–H and O–H groups in total. The van der Waals surface area contributed by atoms with E-state index < -0.39 is 0 Å². The highest BCUT2D eigenvalue weighted by molar-refractivity contribution is 5.62. The summed E-state index contributed by atoms with van der Waals surface area (Å²) in [6, 6.07) is 18.6. The number of benzene rings is 2. The fraction of sp³-hybridized carbons (Fsp3) is 0.158. The van der Waals surface area contributed by atoms with Crippen molar-refractivity contribution in [3.63, 3.8) is 0 Å². The quantitative estimate of drug-likeness (QED) is 0.651. The van der Waals surface area contributed by atoms with Gasteiger partial charge in [0, 0.05) is 0 Å². The zero-order valence-electron chi connectivity index (χ0n) is 11.9. The maximum atomic E-state index is 3.94. The third kappa shape index (κ3) is 5.39. The molecule has 0 aliphatic heterocycles. The minimum Gasteiger partial charge on any atom is -0.0985 e. The Bertz CT molecular complexity index is 503. The first-order chi connectivity index (χ1) is 9.17. The third-order valence-electron chi connectivity index (χ3n) is 2.92. The fourth-order valence-electron chi connectivity index (χ4n) is 1.58. The average molecular weight is 250 g/mol. The summed E-state index contributed by atoms with van der Waals surface area (Å²) in [6.45, 7) is 11.8. The molecule has 0 saturated heterocycles. The minimum absolute atomic E-state index is 1.03. The first kappa shape index (κ1) is 15.0. The molecule has 0 aliphatic rings. The van der Waals surface area contributed by atoms with Crippen LogP contribution in [0.1, 0.15) is 30.0 Å². The van der Waals surface area contributed by atoms with Crippen LogP contribution < -0.4 is 0 Å². The van der Waals surface area contributed by atoms with Crippen LogP contribution in [0.2, 0.25) is 0 Å². The second-order valence-electron chi connectivity index (χ2n) is 4.44. The Morgan fingerprint density at radius 3 is 2.05 bits per heavy atom. The summed E-state index contributed by atoms with van der Waals surface area (Å²) in [6.07, 6.45) is 2.88. The molecule has 2 aromatic carbocycles. The van der Waals surface area contributed by atoms with Crippen LogP contribution >= 0.6 is 0 Å². The van der Waals surface area contributed by atoms with Gasteiger partial charge >= 0.3 is 0 Å². The van der Waals surface area contributed by atoms with E-state index in [9.17, 15) is 0 Å². The smallest absolute Gasteiger partial charge is 0.0231 e. The highest BCUT2D eigenvalue weighted by atomic mass is 14.0. The van der Waals surface area contributed by atoms with Gasteiger partial charge in [-0.25, -0.2) is 0 Å². The van der Waals surface area contributed by atoms with Crippen molar-refractivity contribution in [3.8, 4) is 0 Å². The maximum absolute atomic E-state index is 3.94. The van der Waals surface area contributed by atoms with Gasteiger partial charge in [0.15, 0.2) is 0 Å². The molecule has 0 unspecified atom stereocenters. The average Bonchev–Trinajstić information content (AvgIpc) is 2.49. The van der Waals surface area contributed by atoms with Gasteiger partial charge in [0.2, 0.25) is 0 Å². The van der Waals surface area contributed by atoms with Gasteiger partial charge < -0.3 is 0 Å². The van der Waals surface area contributed by atoms with E-state index in [4.69, 9.17) is 0 Å². The lowest BCUT2D eigenvalue weighted by Crippen LogP contribution is -1.77. The summed E-state index contributed by atoms with van der Waals surface area (Å²) in [4.78, 5) is 0. The van der Waals surface area contributed by atoms with Gasteiger partial charge in [0.1, 0.15) is 0 Å². The maximum Gasteiger partial charge on any atom is -0.0231 e. The van der Waals surface area contributed by atoms with Gasteiger partial charge in [-0.3, -0.25) is 0 Å². The molecule has 0 atom stereocenters. The normalized spacial score (nSPS) is 9.16. The van der Waals surface area contributed by atoms with Crippen LogP contribution in [0, 0.1) is 6.92 Å². The summed E-state index contributed by atoms with van der Waals surface area (Å²) in [5.74, 6) is 0. The van der Waals surface area contributed by atoms with Crippen molar-refractivity contribution in [1.82, 2.24) is 0 Å². The monoisotopic (exact) mass is 250 g/mol. The summed E-state index contributed by atoms with van der Waals surface area (Å²) in [5.41, 5.74) is 4.94. The van der Waals surface area contributed by atoms with Crippen molar-refractivity contribution in [2.24, 2.45) is 0 Å². The molecule has 0 aliphatic carbocycles. The van der Waals surface area contributed by atoms with Crippen molar-refractivity contribution in [1.29, 1.82) is 0 Å². The van der Waals surface area contributed by atoms with Gasteiger partial charge in [0.05, 0.1) is 0 Å². The van der Waals surface area contributed by atoms with Gasteiger partial charge in [0.25, 0.3) is 0 Å². The molecule has 0 fully saturated rings. The molecular formula is C19H22. The van der Waals surface area contributed by atoms with Crippen LogP contribution in [0.4, 0.5) is 0 Å². The highest BCUT2D eigenvalue weighted by Gasteiger charge is 1.91. The second kappa shape index (κ2) is 8.10. The lowest BCUT2D eigenvalue weighted by atomic mass is 10.1. The molecule has 0 nitrogen and oxygen atoms in total. The van der Waals surface area contributed by atoms with Crippen LogP contribution in [0.15, 0.2) is 67.8 Å². The van der Waals surface area contributed by atoms with E-state index in [1.807, 2.05) is 24.3 Å². The van der Waals surface area contributed by atoms with Crippen LogP contribution in [0.25, 0.3) is 11.6 Å². The van der Waals surface area contributed by atoms with Crippen LogP contribution in [-0.2, 0) is 0 Å². The third-order valence-corrected chi connectivity index (χ3v) is 2.92. The Kier molecular flexibility index (Phi) is 6.38. The molecule has 0 bridgehead atoms. The van der Waals surface area contributed by atoms with Gasteiger partial charge in [-0.05, 0) is 30.0 Å². The topological polar surface area (TPSA) is 0 Å². The van der Waals surface area contributed by atoms with E-state index in [0.717, 1.165) is 6.42 Å². The lowest BCUT2D eigenvalue weighted by molar-refractivity contribution is 1.24. The lowest BCUT2D eigenvalue weighted by Gasteiger charge is -1.99. The molecular weight excluding hydrogens is 228 g/mol. The molecule has 0 aromatic heterocycles. The number of hydrogen-bond acceptors (Lipinski definition) is 0. The van der Waals surface area contributed by atoms with E-state index in [0.29, 0.717) is 0 Å². The number of allylic oxidation sites excluding steroid dienone is 1. The molecule has 0 radical (unpaired) electrons. The Morgan fingerprint density at radius 1 is 1.00 bits per heavy atom. The zero-order chi connectivity index (χ0) is 14.1. The molecule has 19 heavy (non-hydrogen) atoms. The number of aryl methyl sites for hydroxylation is 1. The van der Waals surface area contributed by atoms with E-state index in [1.165, 1.54) is 22.3 Å². The molecule has 0 spiro atoms. The molecule has 98 valence electrons. The van der Waals surface area contributed by atoms with Crippen molar-refractivity contribution in [2.45, 2.75) is 20.3 Å². The second-order valence-corrected chi connectivity index (χ2v) is 4.44. The Morgan fingerprint density at radius 2 is 1.58 bits per heavy atom. The Labute approximate surface area is 117 Å².